The van der Waals surface area contributed by atoms with Gasteiger partial charge in [0, 0.05) is 6.20 Å². The van der Waals surface area contributed by atoms with Crippen LogP contribution >= 0.6 is 0 Å². The first-order chi connectivity index (χ1) is 9.50. The second-order valence-electron chi connectivity index (χ2n) is 4.55. The SMILES string of the molecule is CNCCCc1cnn(-c2cccc(C(F)(F)F)c2)c1. The highest BCUT2D eigenvalue weighted by molar-refractivity contribution is 5.36. The number of hydrogen-bond donors (Lipinski definition) is 1. The maximum absolute atomic E-state index is 12.7. The lowest BCUT2D eigenvalue weighted by molar-refractivity contribution is -0.137. The van der Waals surface area contributed by atoms with Crippen LogP contribution in [0.5, 0.6) is 0 Å². The van der Waals surface area contributed by atoms with Crippen molar-refractivity contribution in [1.82, 2.24) is 15.1 Å². The van der Waals surface area contributed by atoms with Crippen LogP contribution in [0, 0.1) is 0 Å². The van der Waals surface area contributed by atoms with Crippen molar-refractivity contribution in [2.75, 3.05) is 13.6 Å². The monoisotopic (exact) mass is 283 g/mol. The molecule has 2 rings (SSSR count). The predicted molar refractivity (Wildman–Crippen MR) is 70.8 cm³/mol. The molecule has 0 atom stereocenters. The number of aromatic nitrogens is 2. The third kappa shape index (κ3) is 3.60. The van der Waals surface area contributed by atoms with Crippen LogP contribution in [0.3, 0.4) is 0 Å². The molecule has 3 nitrogen and oxygen atoms in total. The molecule has 108 valence electrons. The molecule has 0 saturated heterocycles. The van der Waals surface area contributed by atoms with E-state index in [2.05, 4.69) is 10.4 Å². The number of aryl methyl sites for hydroxylation is 1. The summed E-state index contributed by atoms with van der Waals surface area (Å²) in [6, 6.07) is 5.16. The van der Waals surface area contributed by atoms with E-state index in [-0.39, 0.29) is 0 Å². The van der Waals surface area contributed by atoms with Gasteiger partial charge in [0.15, 0.2) is 0 Å². The standard InChI is InChI=1S/C14H16F3N3/c1-18-7-3-4-11-9-19-20(10-11)13-6-2-5-12(8-13)14(15,16)17/h2,5-6,8-10,18H,3-4,7H2,1H3. The average Bonchev–Trinajstić information content (AvgIpc) is 2.87. The number of alkyl halides is 3. The van der Waals surface area contributed by atoms with E-state index in [1.54, 1.807) is 18.5 Å². The maximum atomic E-state index is 12.7. The highest BCUT2D eigenvalue weighted by atomic mass is 19.4. The Morgan fingerprint density at radius 2 is 2.10 bits per heavy atom. The van der Waals surface area contributed by atoms with Crippen LogP contribution in [-0.2, 0) is 12.6 Å². The van der Waals surface area contributed by atoms with Gasteiger partial charge in [-0.05, 0) is 50.2 Å². The summed E-state index contributed by atoms with van der Waals surface area (Å²) >= 11 is 0. The molecule has 0 aliphatic rings. The highest BCUT2D eigenvalue weighted by Gasteiger charge is 2.30. The van der Waals surface area contributed by atoms with Crippen LogP contribution in [0.2, 0.25) is 0 Å². The Morgan fingerprint density at radius 3 is 2.80 bits per heavy atom. The summed E-state index contributed by atoms with van der Waals surface area (Å²) in [6.07, 6.45) is 0.935. The smallest absolute Gasteiger partial charge is 0.320 e. The van der Waals surface area contributed by atoms with Gasteiger partial charge in [-0.2, -0.15) is 18.3 Å². The molecule has 0 amide bonds. The second-order valence-corrected chi connectivity index (χ2v) is 4.55. The molecule has 2 aromatic rings. The third-order valence-electron chi connectivity index (χ3n) is 2.97. The van der Waals surface area contributed by atoms with Crippen molar-refractivity contribution >= 4 is 0 Å². The van der Waals surface area contributed by atoms with Crippen molar-refractivity contribution in [2.24, 2.45) is 0 Å². The fourth-order valence-corrected chi connectivity index (χ4v) is 1.92. The van der Waals surface area contributed by atoms with Crippen molar-refractivity contribution in [3.8, 4) is 5.69 Å². The highest BCUT2D eigenvalue weighted by Crippen LogP contribution is 2.30. The van der Waals surface area contributed by atoms with Gasteiger partial charge >= 0.3 is 6.18 Å². The van der Waals surface area contributed by atoms with Gasteiger partial charge in [0.1, 0.15) is 0 Å². The number of benzene rings is 1. The fraction of sp³-hybridized carbons (Fsp3) is 0.357. The molecule has 0 fully saturated rings. The molecule has 1 heterocycles. The van der Waals surface area contributed by atoms with E-state index in [0.29, 0.717) is 5.69 Å². The number of nitrogens with zero attached hydrogens (tertiary/aromatic N) is 2. The van der Waals surface area contributed by atoms with E-state index in [1.165, 1.54) is 10.7 Å². The first-order valence-corrected chi connectivity index (χ1v) is 6.36. The summed E-state index contributed by atoms with van der Waals surface area (Å²) in [4.78, 5) is 0. The normalized spacial score (nSPS) is 11.8. The van der Waals surface area contributed by atoms with Crippen LogP contribution in [-0.4, -0.2) is 23.4 Å². The van der Waals surface area contributed by atoms with E-state index >= 15 is 0 Å². The predicted octanol–water partition coefficient (Wildman–Crippen LogP) is 3.04. The van der Waals surface area contributed by atoms with Gasteiger partial charge in [-0.25, -0.2) is 4.68 Å². The molecule has 0 aliphatic heterocycles. The van der Waals surface area contributed by atoms with E-state index in [1.807, 2.05) is 7.05 Å². The van der Waals surface area contributed by atoms with Crippen LogP contribution < -0.4 is 5.32 Å². The van der Waals surface area contributed by atoms with Crippen LogP contribution in [0.25, 0.3) is 5.69 Å². The van der Waals surface area contributed by atoms with Crippen LogP contribution in [0.4, 0.5) is 13.2 Å². The summed E-state index contributed by atoms with van der Waals surface area (Å²) in [5.41, 5.74) is 0.764. The summed E-state index contributed by atoms with van der Waals surface area (Å²) in [5.74, 6) is 0. The number of rotatable bonds is 5. The molecule has 0 spiro atoms. The van der Waals surface area contributed by atoms with Gasteiger partial charge in [0.05, 0.1) is 17.4 Å². The Balaban J connectivity index is 2.16. The Hall–Kier alpha value is -1.82. The van der Waals surface area contributed by atoms with Gasteiger partial charge in [0.25, 0.3) is 0 Å². The zero-order valence-corrected chi connectivity index (χ0v) is 11.1. The molecule has 1 aromatic heterocycles. The lowest BCUT2D eigenvalue weighted by Gasteiger charge is -2.08. The molecule has 0 unspecified atom stereocenters. The average molecular weight is 283 g/mol. The summed E-state index contributed by atoms with van der Waals surface area (Å²) < 4.78 is 39.4. The van der Waals surface area contributed by atoms with Crippen molar-refractivity contribution in [3.63, 3.8) is 0 Å². The Bertz CT molecular complexity index is 561. The first-order valence-electron chi connectivity index (χ1n) is 6.36. The fourth-order valence-electron chi connectivity index (χ4n) is 1.92. The van der Waals surface area contributed by atoms with E-state index in [0.717, 1.165) is 37.1 Å². The number of hydrogen-bond acceptors (Lipinski definition) is 2. The molecular weight excluding hydrogens is 267 g/mol. The summed E-state index contributed by atoms with van der Waals surface area (Å²) in [5, 5.41) is 7.17. The van der Waals surface area contributed by atoms with Crippen LogP contribution in [0.1, 0.15) is 17.5 Å². The van der Waals surface area contributed by atoms with E-state index in [4.69, 9.17) is 0 Å². The first kappa shape index (κ1) is 14.6. The minimum absolute atomic E-state index is 0.416. The molecule has 1 N–H and O–H groups in total. The lowest BCUT2D eigenvalue weighted by atomic mass is 10.2. The zero-order valence-electron chi connectivity index (χ0n) is 11.1. The van der Waals surface area contributed by atoms with Gasteiger partial charge in [-0.3, -0.25) is 0 Å². The minimum atomic E-state index is -4.33. The molecule has 0 saturated carbocycles. The Kier molecular flexibility index (Phi) is 4.44. The van der Waals surface area contributed by atoms with Gasteiger partial charge in [-0.15, -0.1) is 0 Å². The van der Waals surface area contributed by atoms with Gasteiger partial charge in [0.2, 0.25) is 0 Å². The molecular formula is C14H16F3N3. The number of nitrogens with one attached hydrogen (secondary N) is 1. The van der Waals surface area contributed by atoms with Crippen molar-refractivity contribution in [3.05, 3.63) is 47.8 Å². The molecule has 0 aliphatic carbocycles. The number of halogens is 3. The zero-order chi connectivity index (χ0) is 14.6. The molecule has 0 bridgehead atoms. The van der Waals surface area contributed by atoms with Crippen LogP contribution in [0.15, 0.2) is 36.7 Å². The maximum Gasteiger partial charge on any atom is 0.416 e. The van der Waals surface area contributed by atoms with E-state index in [9.17, 15) is 13.2 Å². The Labute approximate surface area is 115 Å². The van der Waals surface area contributed by atoms with Gasteiger partial charge < -0.3 is 5.32 Å². The van der Waals surface area contributed by atoms with E-state index < -0.39 is 11.7 Å². The third-order valence-corrected chi connectivity index (χ3v) is 2.97. The van der Waals surface area contributed by atoms with Crippen molar-refractivity contribution in [2.45, 2.75) is 19.0 Å². The molecule has 20 heavy (non-hydrogen) atoms. The second kappa shape index (κ2) is 6.09. The molecule has 6 heteroatoms. The topological polar surface area (TPSA) is 29.9 Å². The van der Waals surface area contributed by atoms with Crippen molar-refractivity contribution in [1.29, 1.82) is 0 Å². The molecule has 0 radical (unpaired) electrons. The quantitative estimate of drug-likeness (QED) is 0.855. The van der Waals surface area contributed by atoms with Gasteiger partial charge in [-0.1, -0.05) is 6.07 Å². The summed E-state index contributed by atoms with van der Waals surface area (Å²) in [7, 11) is 1.88. The largest absolute Gasteiger partial charge is 0.416 e. The minimum Gasteiger partial charge on any atom is -0.320 e. The summed E-state index contributed by atoms with van der Waals surface area (Å²) in [6.45, 7) is 0.898. The molecule has 1 aromatic carbocycles. The lowest BCUT2D eigenvalue weighted by Crippen LogP contribution is -2.08. The van der Waals surface area contributed by atoms with Crippen molar-refractivity contribution < 1.29 is 13.2 Å². The Morgan fingerprint density at radius 1 is 1.30 bits per heavy atom.